The lowest BCUT2D eigenvalue weighted by Crippen LogP contribution is -2.39. The quantitative estimate of drug-likeness (QED) is 0.729. The van der Waals surface area contributed by atoms with E-state index in [9.17, 15) is 14.0 Å². The zero-order valence-electron chi connectivity index (χ0n) is 11.0. The van der Waals surface area contributed by atoms with Crippen LogP contribution in [-0.4, -0.2) is 38.1 Å². The average molecular weight is 281 g/mol. The second kappa shape index (κ2) is 5.98. The molecule has 0 aromatic heterocycles. The molecule has 1 aliphatic heterocycles. The van der Waals surface area contributed by atoms with Gasteiger partial charge in [0.1, 0.15) is 5.82 Å². The maximum absolute atomic E-state index is 13.6. The minimum atomic E-state index is -0.683. The van der Waals surface area contributed by atoms with Crippen molar-refractivity contribution < 1.29 is 18.7 Å². The smallest absolute Gasteiger partial charge is 0.248 e. The number of primary amides is 1. The highest BCUT2D eigenvalue weighted by Crippen LogP contribution is 2.20. The van der Waals surface area contributed by atoms with E-state index in [1.54, 1.807) is 7.05 Å². The average Bonchev–Trinajstić information content (AvgIpc) is 2.89. The molecule has 2 amide bonds. The van der Waals surface area contributed by atoms with Crippen molar-refractivity contribution in [1.82, 2.24) is 5.32 Å². The largest absolute Gasteiger partial charge is 0.379 e. The molecule has 1 aromatic carbocycles. The lowest BCUT2D eigenvalue weighted by molar-refractivity contribution is -0.120. The van der Waals surface area contributed by atoms with Crippen LogP contribution >= 0.6 is 0 Å². The molecule has 1 aliphatic rings. The summed E-state index contributed by atoms with van der Waals surface area (Å²) in [5, 5.41) is 5.44. The van der Waals surface area contributed by atoms with Crippen molar-refractivity contribution in [3.8, 4) is 0 Å². The zero-order valence-corrected chi connectivity index (χ0v) is 11.0. The number of nitrogens with one attached hydrogen (secondary N) is 2. The van der Waals surface area contributed by atoms with Crippen LogP contribution in [0.5, 0.6) is 0 Å². The lowest BCUT2D eigenvalue weighted by Gasteiger charge is -2.16. The van der Waals surface area contributed by atoms with Crippen LogP contribution in [-0.2, 0) is 9.53 Å². The van der Waals surface area contributed by atoms with Gasteiger partial charge in [0, 0.05) is 11.6 Å². The number of hydrogen-bond acceptors (Lipinski definition) is 4. The van der Waals surface area contributed by atoms with E-state index in [4.69, 9.17) is 10.5 Å². The summed E-state index contributed by atoms with van der Waals surface area (Å²) in [7, 11) is 1.73. The molecule has 6 nitrogen and oxygen atoms in total. The van der Waals surface area contributed by atoms with Gasteiger partial charge in [-0.05, 0) is 25.2 Å². The van der Waals surface area contributed by atoms with E-state index in [1.165, 1.54) is 12.1 Å². The minimum absolute atomic E-state index is 0.0620. The summed E-state index contributed by atoms with van der Waals surface area (Å²) in [4.78, 5) is 23.2. The minimum Gasteiger partial charge on any atom is -0.379 e. The summed E-state index contributed by atoms with van der Waals surface area (Å²) in [5.41, 5.74) is 5.20. The Bertz CT molecular complexity index is 536. The Balaban J connectivity index is 2.15. The van der Waals surface area contributed by atoms with Gasteiger partial charge in [-0.15, -0.1) is 0 Å². The summed E-state index contributed by atoms with van der Waals surface area (Å²) in [6.45, 7) is 0.701. The SMILES string of the molecule is CNC1COCC1C(=O)Nc1cc(C(N)=O)ccc1F. The van der Waals surface area contributed by atoms with Crippen LogP contribution in [0.3, 0.4) is 0 Å². The molecule has 0 saturated carbocycles. The van der Waals surface area contributed by atoms with Crippen LogP contribution in [0.1, 0.15) is 10.4 Å². The third-order valence-corrected chi connectivity index (χ3v) is 3.30. The second-order valence-corrected chi connectivity index (χ2v) is 4.59. The van der Waals surface area contributed by atoms with Crippen molar-refractivity contribution in [1.29, 1.82) is 0 Å². The van der Waals surface area contributed by atoms with Crippen LogP contribution in [0.25, 0.3) is 0 Å². The van der Waals surface area contributed by atoms with E-state index >= 15 is 0 Å². The number of hydrogen-bond donors (Lipinski definition) is 3. The predicted molar refractivity (Wildman–Crippen MR) is 70.7 cm³/mol. The number of likely N-dealkylation sites (N-methyl/N-ethyl adjacent to an activating group) is 1. The van der Waals surface area contributed by atoms with Gasteiger partial charge in [0.15, 0.2) is 0 Å². The van der Waals surface area contributed by atoms with Gasteiger partial charge in [-0.2, -0.15) is 0 Å². The lowest BCUT2D eigenvalue weighted by atomic mass is 10.0. The first kappa shape index (κ1) is 14.4. The Labute approximate surface area is 115 Å². The van der Waals surface area contributed by atoms with E-state index in [0.29, 0.717) is 6.61 Å². The Morgan fingerprint density at radius 3 is 2.80 bits per heavy atom. The number of carbonyl (C=O) groups is 2. The summed E-state index contributed by atoms with van der Waals surface area (Å²) >= 11 is 0. The number of amides is 2. The molecule has 0 spiro atoms. The Morgan fingerprint density at radius 2 is 2.15 bits per heavy atom. The standard InChI is InChI=1S/C13H16FN3O3/c1-16-11-6-20-5-8(11)13(19)17-10-4-7(12(15)18)2-3-9(10)14/h2-4,8,11,16H,5-6H2,1H3,(H2,15,18)(H,17,19). The van der Waals surface area contributed by atoms with E-state index < -0.39 is 17.6 Å². The normalized spacial score (nSPS) is 21.7. The third-order valence-electron chi connectivity index (χ3n) is 3.30. The number of carbonyl (C=O) groups excluding carboxylic acids is 2. The highest BCUT2D eigenvalue weighted by molar-refractivity contribution is 5.97. The van der Waals surface area contributed by atoms with Crippen molar-refractivity contribution in [3.05, 3.63) is 29.6 Å². The van der Waals surface area contributed by atoms with Crippen molar-refractivity contribution in [2.45, 2.75) is 6.04 Å². The molecular formula is C13H16FN3O3. The van der Waals surface area contributed by atoms with Gasteiger partial charge >= 0.3 is 0 Å². The summed E-state index contributed by atoms with van der Waals surface area (Å²) in [5.74, 6) is -2.07. The van der Waals surface area contributed by atoms with Gasteiger partial charge < -0.3 is 21.1 Å². The van der Waals surface area contributed by atoms with Crippen molar-refractivity contribution in [2.24, 2.45) is 11.7 Å². The maximum Gasteiger partial charge on any atom is 0.248 e. The number of halogens is 1. The summed E-state index contributed by atoms with van der Waals surface area (Å²) in [6, 6.07) is 3.47. The first-order valence-corrected chi connectivity index (χ1v) is 6.18. The molecule has 20 heavy (non-hydrogen) atoms. The Kier molecular flexibility index (Phi) is 4.31. The van der Waals surface area contributed by atoms with Gasteiger partial charge in [0.2, 0.25) is 11.8 Å². The van der Waals surface area contributed by atoms with E-state index in [2.05, 4.69) is 10.6 Å². The van der Waals surface area contributed by atoms with Crippen LogP contribution in [0.15, 0.2) is 18.2 Å². The van der Waals surface area contributed by atoms with Crippen molar-refractivity contribution >= 4 is 17.5 Å². The van der Waals surface area contributed by atoms with Crippen LogP contribution < -0.4 is 16.4 Å². The number of rotatable bonds is 4. The molecule has 0 aliphatic carbocycles. The second-order valence-electron chi connectivity index (χ2n) is 4.59. The van der Waals surface area contributed by atoms with Gasteiger partial charge in [0.25, 0.3) is 0 Å². The van der Waals surface area contributed by atoms with Crippen LogP contribution in [0, 0.1) is 11.7 Å². The van der Waals surface area contributed by atoms with Crippen molar-refractivity contribution in [3.63, 3.8) is 0 Å². The molecule has 1 saturated heterocycles. The highest BCUT2D eigenvalue weighted by atomic mass is 19.1. The van der Waals surface area contributed by atoms with Gasteiger partial charge in [-0.1, -0.05) is 0 Å². The van der Waals surface area contributed by atoms with E-state index in [0.717, 1.165) is 6.07 Å². The Morgan fingerprint density at radius 1 is 1.40 bits per heavy atom. The molecule has 2 rings (SSSR count). The van der Waals surface area contributed by atoms with Crippen LogP contribution in [0.4, 0.5) is 10.1 Å². The first-order chi connectivity index (χ1) is 9.52. The molecule has 7 heteroatoms. The molecule has 1 fully saturated rings. The number of benzene rings is 1. The molecule has 1 aromatic rings. The number of anilines is 1. The fraction of sp³-hybridized carbons (Fsp3) is 0.385. The third kappa shape index (κ3) is 2.94. The molecule has 108 valence electrons. The summed E-state index contributed by atoms with van der Waals surface area (Å²) in [6.07, 6.45) is 0. The van der Waals surface area contributed by atoms with Crippen LogP contribution in [0.2, 0.25) is 0 Å². The molecular weight excluding hydrogens is 265 g/mol. The molecule has 1 heterocycles. The van der Waals surface area contributed by atoms with Gasteiger partial charge in [-0.3, -0.25) is 9.59 Å². The molecule has 0 radical (unpaired) electrons. The fourth-order valence-corrected chi connectivity index (χ4v) is 2.10. The number of ether oxygens (including phenoxy) is 1. The Hall–Kier alpha value is -1.99. The van der Waals surface area contributed by atoms with E-state index in [-0.39, 0.29) is 29.8 Å². The van der Waals surface area contributed by atoms with Gasteiger partial charge in [0.05, 0.1) is 24.8 Å². The predicted octanol–water partition coefficient (Wildman–Crippen LogP) is 0.0975. The summed E-state index contributed by atoms with van der Waals surface area (Å²) < 4.78 is 18.9. The monoisotopic (exact) mass is 281 g/mol. The van der Waals surface area contributed by atoms with Crippen molar-refractivity contribution in [2.75, 3.05) is 25.6 Å². The number of nitrogens with two attached hydrogens (primary N) is 1. The van der Waals surface area contributed by atoms with E-state index in [1.807, 2.05) is 0 Å². The fourth-order valence-electron chi connectivity index (χ4n) is 2.10. The van der Waals surface area contributed by atoms with Gasteiger partial charge in [-0.25, -0.2) is 4.39 Å². The molecule has 2 unspecified atom stereocenters. The molecule has 4 N–H and O–H groups in total. The zero-order chi connectivity index (χ0) is 14.7. The maximum atomic E-state index is 13.6. The first-order valence-electron chi connectivity index (χ1n) is 6.18. The highest BCUT2D eigenvalue weighted by Gasteiger charge is 2.33. The topological polar surface area (TPSA) is 93.4 Å². The molecule has 0 bridgehead atoms. The molecule has 2 atom stereocenters.